The van der Waals surface area contributed by atoms with E-state index in [-0.39, 0.29) is 87.3 Å². The number of carbonyl (C=O) groups excluding carboxylic acids is 9. The first-order valence-electron chi connectivity index (χ1n) is 32.6. The van der Waals surface area contributed by atoms with Crippen molar-refractivity contribution >= 4 is 59.4 Å². The van der Waals surface area contributed by atoms with Gasteiger partial charge in [0.2, 0.25) is 6.10 Å². The van der Waals surface area contributed by atoms with E-state index in [0.717, 1.165) is 37.8 Å². The Kier molecular flexibility index (Phi) is 20.9. The summed E-state index contributed by atoms with van der Waals surface area (Å²) >= 11 is 0. The van der Waals surface area contributed by atoms with Gasteiger partial charge in [0.05, 0.1) is 55.3 Å². The number of carboxylic acid groups (broad SMARTS) is 1. The summed E-state index contributed by atoms with van der Waals surface area (Å²) in [5, 5.41) is 50.9. The number of hydrogen-bond acceptors (Lipinski definition) is 21. The van der Waals surface area contributed by atoms with Crippen molar-refractivity contribution < 1.29 is 136 Å². The molecular formula is C73H80NNaO22. The molecule has 11 rings (SSSR count). The fourth-order valence-electron chi connectivity index (χ4n) is 17.1. The monoisotopic (exact) mass is 1350 g/mol. The third kappa shape index (κ3) is 13.4. The molecule has 1 heterocycles. The van der Waals surface area contributed by atoms with Crippen LogP contribution in [0.5, 0.6) is 5.75 Å². The van der Waals surface area contributed by atoms with Crippen LogP contribution in [0.15, 0.2) is 120 Å². The number of fused-ring (bicyclic) bond motifs is 10. The zero-order chi connectivity index (χ0) is 69.0. The largest absolute Gasteiger partial charge is 1.00 e. The topological polar surface area (TPSA) is 340 Å². The Bertz CT molecular complexity index is 3770. The maximum Gasteiger partial charge on any atom is 1.00 e. The second-order valence-electron chi connectivity index (χ2n) is 27.7. The molecule has 7 aliphatic rings. The standard InChI is InChI=1S/C73H81NO22.Na/c1-38-51(92-68(87)61(94-57(82)28-27-54(78)79)59(41-17-11-8-12-18-41)74-66(85)42-19-13-9-14-20-42)36-73(88)65(95-67(86)43-21-15-10-16-22-43)62-71(7,64(84)60(90-39(2)75)58(38)69(73,4)5)52(35-53-72(62,37-89-53)96-40(3)76)93-56(81)30-29-55(80)91-50-34-49-48-25-23-44-33-45(77)24-26-46(44)47(48)31-32-70(49,6)63(50)83;/h8-22,24,26,33,47-53,59-63,65,77,83,88H,23,25,27-32,34-37H2,1-7H3,(H,74,85)(H,78,79);/q;+1/p-1/t47-,48-,49+,50-,51+,52+,53-,59+,60-,61-,62+,63+,65+,70+,71-,72+,73-;/m1./s1. The van der Waals surface area contributed by atoms with Crippen LogP contribution >= 0.6 is 0 Å². The van der Waals surface area contributed by atoms with Gasteiger partial charge < -0.3 is 63.6 Å². The van der Waals surface area contributed by atoms with Gasteiger partial charge in [-0.25, -0.2) is 9.59 Å². The first kappa shape index (κ1) is 72.0. The molecule has 5 fully saturated rings. The van der Waals surface area contributed by atoms with Crippen LogP contribution in [0.2, 0.25) is 0 Å². The van der Waals surface area contributed by atoms with Crippen molar-refractivity contribution in [2.75, 3.05) is 6.61 Å². The van der Waals surface area contributed by atoms with E-state index in [4.69, 9.17) is 37.9 Å². The fraction of sp³-hybridized carbons (Fsp3) is 0.507. The van der Waals surface area contributed by atoms with Gasteiger partial charge in [-0.1, -0.05) is 106 Å². The summed E-state index contributed by atoms with van der Waals surface area (Å²) < 4.78 is 49.8. The zero-order valence-electron chi connectivity index (χ0n) is 55.5. The van der Waals surface area contributed by atoms with Gasteiger partial charge >= 0.3 is 77.3 Å². The molecular weight excluding hydrogens is 1270 g/mol. The minimum atomic E-state index is -2.66. The van der Waals surface area contributed by atoms with Crippen molar-refractivity contribution in [1.82, 2.24) is 5.32 Å². The Balaban J connectivity index is 0.0000102. The summed E-state index contributed by atoms with van der Waals surface area (Å²) in [6, 6.07) is 26.9. The van der Waals surface area contributed by atoms with E-state index in [1.54, 1.807) is 66.7 Å². The molecule has 6 aliphatic carbocycles. The average Bonchev–Trinajstić information content (AvgIpc) is 1.18. The van der Waals surface area contributed by atoms with Crippen LogP contribution in [0.1, 0.15) is 162 Å². The number of hydrogen-bond donors (Lipinski definition) is 4. The smallest absolute Gasteiger partial charge is 0.872 e. The predicted molar refractivity (Wildman–Crippen MR) is 333 cm³/mol. The molecule has 4 saturated carbocycles. The molecule has 1 amide bonds. The van der Waals surface area contributed by atoms with E-state index in [1.807, 2.05) is 13.0 Å². The van der Waals surface area contributed by atoms with Crippen molar-refractivity contribution in [2.45, 2.75) is 191 Å². The molecule has 24 heteroatoms. The molecule has 0 aromatic heterocycles. The van der Waals surface area contributed by atoms with Gasteiger partial charge in [0, 0.05) is 43.1 Å². The molecule has 97 heavy (non-hydrogen) atoms. The number of aliphatic hydroxyl groups excluding tert-OH is 1. The molecule has 1 saturated heterocycles. The number of ketones is 1. The minimum Gasteiger partial charge on any atom is -0.872 e. The van der Waals surface area contributed by atoms with Crippen LogP contribution in [-0.4, -0.2) is 141 Å². The third-order valence-corrected chi connectivity index (χ3v) is 22.0. The molecule has 510 valence electrons. The Morgan fingerprint density at radius 2 is 1.37 bits per heavy atom. The number of Topliss-reactive ketones (excluding diaryl/α,β-unsaturated/α-hetero) is 1. The Morgan fingerprint density at radius 3 is 1.99 bits per heavy atom. The van der Waals surface area contributed by atoms with Crippen LogP contribution in [0.4, 0.5) is 0 Å². The van der Waals surface area contributed by atoms with Crippen molar-refractivity contribution in [3.63, 3.8) is 0 Å². The zero-order valence-corrected chi connectivity index (χ0v) is 57.5. The van der Waals surface area contributed by atoms with Crippen LogP contribution in [0.25, 0.3) is 0 Å². The Hall–Kier alpha value is -7.80. The second kappa shape index (κ2) is 28.2. The van der Waals surface area contributed by atoms with Crippen molar-refractivity contribution in [3.8, 4) is 5.75 Å². The van der Waals surface area contributed by atoms with E-state index in [0.29, 0.717) is 19.3 Å². The summed E-state index contributed by atoms with van der Waals surface area (Å²) in [6.45, 7) is 9.40. The van der Waals surface area contributed by atoms with Gasteiger partial charge in [-0.05, 0) is 116 Å². The maximum atomic E-state index is 16.7. The number of rotatable bonds is 19. The van der Waals surface area contributed by atoms with Gasteiger partial charge in [0.15, 0.2) is 17.5 Å². The van der Waals surface area contributed by atoms with Crippen LogP contribution in [0.3, 0.4) is 0 Å². The van der Waals surface area contributed by atoms with Gasteiger partial charge in [0.25, 0.3) is 5.91 Å². The van der Waals surface area contributed by atoms with E-state index in [1.165, 1.54) is 64.1 Å². The summed E-state index contributed by atoms with van der Waals surface area (Å²) in [4.78, 5) is 143. The number of aliphatic hydroxyl groups is 2. The SMILES string of the molecule is CC(=O)O[C@H]1C(=O)[C@]2(C)[C@@H](OC(=O)CCC(=O)O[C@@H]3C[C@H]4[C@@H]5CCc6cc([O-])ccc6[C@H]5CC[C@]4(C)[C@H]3O)C[C@H]3OC[C@@]3(OC(C)=O)[C@H]2[C@H](OC(=O)c2ccccc2)[C@]2(O)C[C@H](OC(=O)[C@H](OC(=O)CCC(=O)O)[C@@H](NC(=O)c3ccccc3)c3ccccc3)C(C)=C1C2(C)C.[Na+]. The van der Waals surface area contributed by atoms with Crippen LogP contribution in [0, 0.1) is 34.0 Å². The molecule has 2 bridgehead atoms. The first-order valence-corrected chi connectivity index (χ1v) is 32.6. The minimum absolute atomic E-state index is 0. The molecule has 0 spiro atoms. The Morgan fingerprint density at radius 1 is 0.742 bits per heavy atom. The summed E-state index contributed by atoms with van der Waals surface area (Å²) in [7, 11) is 0. The van der Waals surface area contributed by atoms with E-state index >= 15 is 14.4 Å². The summed E-state index contributed by atoms with van der Waals surface area (Å²) in [5.41, 5.74) is -7.21. The number of aryl methyl sites for hydroxylation is 1. The molecule has 17 atom stereocenters. The molecule has 4 aromatic rings. The quantitative estimate of drug-likeness (QED) is 0.0446. The number of benzene rings is 4. The molecule has 0 radical (unpaired) electrons. The van der Waals surface area contributed by atoms with E-state index in [2.05, 4.69) is 5.32 Å². The van der Waals surface area contributed by atoms with Crippen molar-refractivity contribution in [3.05, 3.63) is 148 Å². The van der Waals surface area contributed by atoms with E-state index in [9.17, 15) is 54.0 Å². The number of ether oxygens (including phenoxy) is 8. The second-order valence-corrected chi connectivity index (χ2v) is 27.7. The number of esters is 7. The van der Waals surface area contributed by atoms with Crippen LogP contribution in [-0.2, 0) is 82.7 Å². The number of nitrogens with one attached hydrogen (secondary N) is 1. The molecule has 1 aliphatic heterocycles. The third-order valence-electron chi connectivity index (χ3n) is 22.0. The van der Waals surface area contributed by atoms with Gasteiger partial charge in [-0.2, -0.15) is 0 Å². The summed E-state index contributed by atoms with van der Waals surface area (Å²) in [6.07, 6.45) is -13.3. The normalized spacial score (nSPS) is 31.6. The predicted octanol–water partition coefficient (Wildman–Crippen LogP) is 4.00. The van der Waals surface area contributed by atoms with Gasteiger partial charge in [-0.15, -0.1) is 5.75 Å². The van der Waals surface area contributed by atoms with Crippen molar-refractivity contribution in [2.24, 2.45) is 34.0 Å². The molecule has 4 N–H and O–H groups in total. The summed E-state index contributed by atoms with van der Waals surface area (Å²) in [5.74, 6) is -12.1. The molecule has 23 nitrogen and oxygen atoms in total. The maximum absolute atomic E-state index is 16.7. The van der Waals surface area contributed by atoms with Gasteiger partial charge in [0.1, 0.15) is 42.2 Å². The van der Waals surface area contributed by atoms with Crippen LogP contribution < -0.4 is 40.0 Å². The Labute approximate surface area is 582 Å². The fourth-order valence-corrected chi connectivity index (χ4v) is 17.1. The van der Waals surface area contributed by atoms with Crippen molar-refractivity contribution in [1.29, 1.82) is 0 Å². The first-order chi connectivity index (χ1) is 45.5. The van der Waals surface area contributed by atoms with E-state index < -0.39 is 186 Å². The number of aliphatic carboxylic acids is 1. The average molecular weight is 1350 g/mol. The number of carbonyl (C=O) groups is 10. The molecule has 4 aromatic carbocycles. The number of carboxylic acids is 1. The molecule has 0 unspecified atom stereocenters. The van der Waals surface area contributed by atoms with Gasteiger partial charge in [-0.3, -0.25) is 38.4 Å². The number of amides is 1.